The quantitative estimate of drug-likeness (QED) is 0.0348. The van der Waals surface area contributed by atoms with Crippen molar-refractivity contribution in [2.45, 2.75) is 323 Å². The fourth-order valence-corrected chi connectivity index (χ4v) is 8.52. The Balaban J connectivity index is 3.15. The van der Waals surface area contributed by atoms with Crippen LogP contribution in [0.1, 0.15) is 323 Å². The summed E-state index contributed by atoms with van der Waals surface area (Å²) in [6, 6.07) is 0. The molecular weight excluding hydrogens is 693 g/mol. The van der Waals surface area contributed by atoms with E-state index in [1.165, 1.54) is 276 Å². The molecule has 2 heteroatoms. The minimum Gasteiger partial charge on any atom is -0.466 e. The highest BCUT2D eigenvalue weighted by Gasteiger charge is 2.03. The van der Waals surface area contributed by atoms with Gasteiger partial charge >= 0.3 is 5.97 Å². The summed E-state index contributed by atoms with van der Waals surface area (Å²) in [4.78, 5) is 12.0. The lowest BCUT2D eigenvalue weighted by atomic mass is 9.99. The zero-order valence-electron chi connectivity index (χ0n) is 40.0. The van der Waals surface area contributed by atoms with Gasteiger partial charge in [-0.3, -0.25) is 4.79 Å². The van der Waals surface area contributed by atoms with Crippen LogP contribution >= 0.6 is 0 Å². The molecule has 0 spiro atoms. The Morgan fingerprint density at radius 3 is 0.982 bits per heavy atom. The normalized spacial score (nSPS) is 12.3. The number of esters is 1. The van der Waals surface area contributed by atoms with Gasteiger partial charge in [-0.25, -0.2) is 0 Å². The van der Waals surface area contributed by atoms with Crippen molar-refractivity contribution < 1.29 is 9.53 Å². The molecule has 0 aromatic rings. The van der Waals surface area contributed by atoms with E-state index in [4.69, 9.17) is 4.74 Å². The topological polar surface area (TPSA) is 26.3 Å². The first-order valence-corrected chi connectivity index (χ1v) is 27.0. The standard InChI is InChI=1S/C55H108O2/c1-4-6-7-8-9-10-11-12-30-34-37-40-43-46-49-52-55(56)57-53-50-47-44-41-38-35-32-29-27-25-23-21-19-17-15-13-14-16-18-20-22-24-26-28-31-33-36-39-42-45-48-51-54(3)5-2/h12,30,54H,4-11,13-29,31-53H2,1-3H3/b30-12-. The van der Waals surface area contributed by atoms with Crippen LogP contribution in [-0.4, -0.2) is 12.6 Å². The summed E-state index contributed by atoms with van der Waals surface area (Å²) in [5.41, 5.74) is 0. The number of hydrogen-bond donors (Lipinski definition) is 0. The van der Waals surface area contributed by atoms with Crippen molar-refractivity contribution in [2.24, 2.45) is 5.92 Å². The fourth-order valence-electron chi connectivity index (χ4n) is 8.52. The predicted octanol–water partition coefficient (Wildman–Crippen LogP) is 20.1. The van der Waals surface area contributed by atoms with Gasteiger partial charge in [0.1, 0.15) is 0 Å². The molecule has 0 aromatic heterocycles. The van der Waals surface area contributed by atoms with E-state index in [9.17, 15) is 4.79 Å². The average Bonchev–Trinajstić information content (AvgIpc) is 3.22. The Morgan fingerprint density at radius 1 is 0.368 bits per heavy atom. The van der Waals surface area contributed by atoms with E-state index in [0.29, 0.717) is 13.0 Å². The molecule has 0 N–H and O–H groups in total. The van der Waals surface area contributed by atoms with Crippen molar-refractivity contribution >= 4 is 5.97 Å². The Hall–Kier alpha value is -0.790. The lowest BCUT2D eigenvalue weighted by Crippen LogP contribution is -2.05. The van der Waals surface area contributed by atoms with Crippen molar-refractivity contribution in [3.8, 4) is 0 Å². The highest BCUT2D eigenvalue weighted by molar-refractivity contribution is 5.69. The van der Waals surface area contributed by atoms with Gasteiger partial charge in [0, 0.05) is 6.42 Å². The van der Waals surface area contributed by atoms with Gasteiger partial charge in [-0.2, -0.15) is 0 Å². The molecule has 0 radical (unpaired) electrons. The van der Waals surface area contributed by atoms with Crippen LogP contribution in [-0.2, 0) is 9.53 Å². The molecule has 0 aromatic carbocycles. The van der Waals surface area contributed by atoms with Gasteiger partial charge in [0.15, 0.2) is 0 Å². The molecule has 0 aliphatic rings. The summed E-state index contributed by atoms with van der Waals surface area (Å²) in [5, 5.41) is 0. The Morgan fingerprint density at radius 2 is 0.649 bits per heavy atom. The second-order valence-corrected chi connectivity index (χ2v) is 18.8. The van der Waals surface area contributed by atoms with E-state index in [0.717, 1.165) is 25.2 Å². The minimum absolute atomic E-state index is 0.0218. The third-order valence-electron chi connectivity index (χ3n) is 12.9. The molecule has 0 aliphatic heterocycles. The molecule has 1 atom stereocenters. The summed E-state index contributed by atoms with van der Waals surface area (Å²) in [7, 11) is 0. The molecule has 0 rings (SSSR count). The van der Waals surface area contributed by atoms with Crippen molar-refractivity contribution in [3.63, 3.8) is 0 Å². The number of rotatable bonds is 50. The predicted molar refractivity (Wildman–Crippen MR) is 258 cm³/mol. The van der Waals surface area contributed by atoms with Crippen LogP contribution in [0.25, 0.3) is 0 Å². The minimum atomic E-state index is 0.0218. The second kappa shape index (κ2) is 51.4. The third kappa shape index (κ3) is 51.3. The lowest BCUT2D eigenvalue weighted by molar-refractivity contribution is -0.143. The molecule has 0 amide bonds. The van der Waals surface area contributed by atoms with E-state index in [-0.39, 0.29) is 5.97 Å². The number of carbonyl (C=O) groups is 1. The fraction of sp³-hybridized carbons (Fsp3) is 0.945. The molecule has 340 valence electrons. The van der Waals surface area contributed by atoms with E-state index < -0.39 is 0 Å². The molecule has 0 heterocycles. The van der Waals surface area contributed by atoms with Gasteiger partial charge in [0.2, 0.25) is 0 Å². The second-order valence-electron chi connectivity index (χ2n) is 18.8. The maximum absolute atomic E-state index is 12.0. The van der Waals surface area contributed by atoms with Crippen molar-refractivity contribution in [1.29, 1.82) is 0 Å². The van der Waals surface area contributed by atoms with Crippen LogP contribution in [0.4, 0.5) is 0 Å². The van der Waals surface area contributed by atoms with Gasteiger partial charge in [0.05, 0.1) is 6.61 Å². The molecule has 0 fully saturated rings. The van der Waals surface area contributed by atoms with Crippen LogP contribution < -0.4 is 0 Å². The number of hydrogen-bond acceptors (Lipinski definition) is 2. The summed E-state index contributed by atoms with van der Waals surface area (Å²) in [5.74, 6) is 0.962. The Bertz CT molecular complexity index is 758. The zero-order chi connectivity index (χ0) is 41.2. The van der Waals surface area contributed by atoms with Crippen molar-refractivity contribution in [1.82, 2.24) is 0 Å². The summed E-state index contributed by atoms with van der Waals surface area (Å²) in [6.45, 7) is 7.64. The third-order valence-corrected chi connectivity index (χ3v) is 12.9. The lowest BCUT2D eigenvalue weighted by Gasteiger charge is -2.07. The highest BCUT2D eigenvalue weighted by Crippen LogP contribution is 2.18. The molecule has 2 nitrogen and oxygen atoms in total. The highest BCUT2D eigenvalue weighted by atomic mass is 16.5. The van der Waals surface area contributed by atoms with E-state index >= 15 is 0 Å². The van der Waals surface area contributed by atoms with Crippen LogP contribution in [0, 0.1) is 5.92 Å². The molecule has 0 saturated heterocycles. The summed E-state index contributed by atoms with van der Waals surface area (Å²) in [6.07, 6.45) is 69.4. The SMILES string of the molecule is CCCCCCCC/C=C\CCCCCCCC(=O)OCCCCCCCCCCCCCCCCCCCCCCCCCCCCCCCCCC(C)CC. The average molecular weight is 801 g/mol. The molecule has 0 aliphatic carbocycles. The maximum Gasteiger partial charge on any atom is 0.305 e. The van der Waals surface area contributed by atoms with Gasteiger partial charge in [0.25, 0.3) is 0 Å². The van der Waals surface area contributed by atoms with E-state index in [1.54, 1.807) is 0 Å². The van der Waals surface area contributed by atoms with Crippen LogP contribution in [0.3, 0.4) is 0 Å². The summed E-state index contributed by atoms with van der Waals surface area (Å²) >= 11 is 0. The van der Waals surface area contributed by atoms with Crippen molar-refractivity contribution in [2.75, 3.05) is 6.61 Å². The first-order valence-electron chi connectivity index (χ1n) is 27.0. The Kier molecular flexibility index (Phi) is 50.6. The monoisotopic (exact) mass is 801 g/mol. The zero-order valence-corrected chi connectivity index (χ0v) is 40.0. The maximum atomic E-state index is 12.0. The van der Waals surface area contributed by atoms with E-state index in [2.05, 4.69) is 32.9 Å². The van der Waals surface area contributed by atoms with Crippen LogP contribution in [0.2, 0.25) is 0 Å². The summed E-state index contributed by atoms with van der Waals surface area (Å²) < 4.78 is 5.48. The molecule has 0 saturated carbocycles. The molecule has 57 heavy (non-hydrogen) atoms. The molecule has 1 unspecified atom stereocenters. The van der Waals surface area contributed by atoms with Gasteiger partial charge in [-0.05, 0) is 44.4 Å². The van der Waals surface area contributed by atoms with E-state index in [1.807, 2.05) is 0 Å². The number of ether oxygens (including phenoxy) is 1. The first-order chi connectivity index (χ1) is 28.2. The smallest absolute Gasteiger partial charge is 0.305 e. The number of unbranched alkanes of at least 4 members (excludes halogenated alkanes) is 41. The number of allylic oxidation sites excluding steroid dienone is 2. The Labute approximate surface area is 361 Å². The van der Waals surface area contributed by atoms with Crippen LogP contribution in [0.5, 0.6) is 0 Å². The number of carbonyl (C=O) groups excluding carboxylic acids is 1. The van der Waals surface area contributed by atoms with Gasteiger partial charge in [-0.1, -0.05) is 290 Å². The van der Waals surface area contributed by atoms with Crippen LogP contribution in [0.15, 0.2) is 12.2 Å². The first kappa shape index (κ1) is 56.2. The van der Waals surface area contributed by atoms with Crippen molar-refractivity contribution in [3.05, 3.63) is 12.2 Å². The molecule has 0 bridgehead atoms. The van der Waals surface area contributed by atoms with Gasteiger partial charge in [-0.15, -0.1) is 0 Å². The van der Waals surface area contributed by atoms with Gasteiger partial charge < -0.3 is 4.74 Å². The molecular formula is C55H108O2. The largest absolute Gasteiger partial charge is 0.466 e.